The van der Waals surface area contributed by atoms with Crippen molar-refractivity contribution in [3.63, 3.8) is 0 Å². The molecule has 0 saturated carbocycles. The van der Waals surface area contributed by atoms with Gasteiger partial charge in [-0.1, -0.05) is 19.9 Å². The fourth-order valence-corrected chi connectivity index (χ4v) is 5.98. The Morgan fingerprint density at radius 2 is 2.00 bits per heavy atom. The number of carbonyl (C=O) groups is 1. The van der Waals surface area contributed by atoms with Gasteiger partial charge in [0.25, 0.3) is 16.8 Å². The van der Waals surface area contributed by atoms with Crippen molar-refractivity contribution < 1.29 is 18.1 Å². The van der Waals surface area contributed by atoms with Crippen molar-refractivity contribution in [1.82, 2.24) is 13.9 Å². The number of nitriles is 1. The van der Waals surface area contributed by atoms with Gasteiger partial charge >= 0.3 is 0 Å². The van der Waals surface area contributed by atoms with Gasteiger partial charge < -0.3 is 4.57 Å². The number of nitrogens with one attached hydrogen (secondary N) is 1. The average molecular weight is 529 g/mol. The number of carbonyl (C=O) groups excluding carboxylic acids is 1. The summed E-state index contributed by atoms with van der Waals surface area (Å²) in [5.74, 6) is -1.01. The number of nitrogens with zero attached hydrogens (tertiary/aromatic N) is 5. The van der Waals surface area contributed by atoms with Crippen LogP contribution in [0.25, 0.3) is 11.8 Å². The fourth-order valence-electron chi connectivity index (χ4n) is 3.63. The smallest absolute Gasteiger partial charge is 0.271 e. The molecular formula is C23H24N6O5S2. The lowest BCUT2D eigenvalue weighted by Crippen LogP contribution is -2.15. The normalized spacial score (nSPS) is 12.0. The molecule has 0 unspecified atom stereocenters. The van der Waals surface area contributed by atoms with E-state index in [9.17, 15) is 28.6 Å². The summed E-state index contributed by atoms with van der Waals surface area (Å²) in [7, 11) is -3.68. The van der Waals surface area contributed by atoms with Crippen molar-refractivity contribution in [3.8, 4) is 11.8 Å². The van der Waals surface area contributed by atoms with E-state index in [1.165, 1.54) is 18.2 Å². The van der Waals surface area contributed by atoms with Crippen molar-refractivity contribution in [3.05, 3.63) is 62.5 Å². The van der Waals surface area contributed by atoms with Crippen molar-refractivity contribution in [2.45, 2.75) is 39.8 Å². The standard InChI is InChI=1S/C23H24N6O5S2/c1-13(2)12-36(33,34)23-26-22(35-27-23)25-21(30)18(11-24)9-17-8-15(4)28(16(17)5)20-10-19(29(31)32)7-6-14(20)3/h6-10,13H,12H2,1-5H3,(H,25,26,27,30)/b18-9-. The van der Waals surface area contributed by atoms with Crippen LogP contribution in [0, 0.1) is 48.1 Å². The Hall–Kier alpha value is -3.89. The third-order valence-corrected chi connectivity index (χ3v) is 7.83. The minimum absolute atomic E-state index is 0.0406. The maximum Gasteiger partial charge on any atom is 0.271 e. The van der Waals surface area contributed by atoms with Crippen LogP contribution in [0.4, 0.5) is 10.8 Å². The first-order valence-electron chi connectivity index (χ1n) is 10.8. The highest BCUT2D eigenvalue weighted by atomic mass is 32.2. The number of non-ortho nitro benzene ring substituents is 1. The van der Waals surface area contributed by atoms with E-state index in [0.29, 0.717) is 28.5 Å². The Bertz CT molecular complexity index is 1530. The van der Waals surface area contributed by atoms with E-state index >= 15 is 0 Å². The van der Waals surface area contributed by atoms with E-state index in [-0.39, 0.29) is 33.2 Å². The highest BCUT2D eigenvalue weighted by Gasteiger charge is 2.23. The number of amides is 1. The molecule has 0 radical (unpaired) electrons. The first kappa shape index (κ1) is 26.7. The molecule has 1 N–H and O–H groups in total. The summed E-state index contributed by atoms with van der Waals surface area (Å²) in [4.78, 5) is 27.4. The molecule has 36 heavy (non-hydrogen) atoms. The molecule has 0 aliphatic carbocycles. The van der Waals surface area contributed by atoms with E-state index in [4.69, 9.17) is 0 Å². The minimum Gasteiger partial charge on any atom is -0.317 e. The molecule has 1 amide bonds. The predicted molar refractivity (Wildman–Crippen MR) is 136 cm³/mol. The first-order chi connectivity index (χ1) is 16.8. The zero-order valence-corrected chi connectivity index (χ0v) is 21.9. The number of nitro groups is 1. The maximum atomic E-state index is 12.7. The summed E-state index contributed by atoms with van der Waals surface area (Å²) >= 11 is 0.710. The number of nitro benzene ring substituents is 1. The number of rotatable bonds is 8. The van der Waals surface area contributed by atoms with Gasteiger partial charge in [0.2, 0.25) is 15.0 Å². The Morgan fingerprint density at radius 1 is 1.31 bits per heavy atom. The van der Waals surface area contributed by atoms with E-state index in [2.05, 4.69) is 14.7 Å². The number of hydrogen-bond donors (Lipinski definition) is 1. The SMILES string of the molecule is Cc1ccc([N+](=O)[O-])cc1-n1c(C)cc(/C=C(/C#N)C(=O)Nc2nc(S(=O)(=O)CC(C)C)ns2)c1C. The molecule has 0 bridgehead atoms. The Morgan fingerprint density at radius 3 is 2.61 bits per heavy atom. The third kappa shape index (κ3) is 5.67. The second-order valence-corrected chi connectivity index (χ2v) is 11.3. The molecule has 188 valence electrons. The van der Waals surface area contributed by atoms with Crippen molar-refractivity contribution in [2.24, 2.45) is 5.92 Å². The summed E-state index contributed by atoms with van der Waals surface area (Å²) in [5, 5.41) is 22.9. The Kier molecular flexibility index (Phi) is 7.71. The number of benzene rings is 1. The largest absolute Gasteiger partial charge is 0.317 e. The zero-order chi connectivity index (χ0) is 26.8. The van der Waals surface area contributed by atoms with Crippen LogP contribution in [0.3, 0.4) is 0 Å². The molecule has 3 aromatic rings. The predicted octanol–water partition coefficient (Wildman–Crippen LogP) is 4.14. The molecule has 0 spiro atoms. The molecule has 2 aromatic heterocycles. The van der Waals surface area contributed by atoms with Gasteiger partial charge in [-0.2, -0.15) is 14.6 Å². The van der Waals surface area contributed by atoms with Gasteiger partial charge in [0.05, 0.1) is 16.4 Å². The lowest BCUT2D eigenvalue weighted by atomic mass is 10.1. The van der Waals surface area contributed by atoms with Crippen molar-refractivity contribution in [2.75, 3.05) is 11.1 Å². The van der Waals surface area contributed by atoms with E-state index in [1.54, 1.807) is 32.9 Å². The van der Waals surface area contributed by atoms with Gasteiger partial charge in [0.1, 0.15) is 11.6 Å². The molecule has 0 aliphatic heterocycles. The molecule has 13 heteroatoms. The monoisotopic (exact) mass is 528 g/mol. The molecular weight excluding hydrogens is 504 g/mol. The summed E-state index contributed by atoms with van der Waals surface area (Å²) in [5.41, 5.74) is 3.15. The molecule has 0 atom stereocenters. The second-order valence-electron chi connectivity index (χ2n) is 8.57. The van der Waals surface area contributed by atoms with Gasteiger partial charge in [-0.15, -0.1) is 0 Å². The van der Waals surface area contributed by atoms with E-state index in [1.807, 2.05) is 24.5 Å². The summed E-state index contributed by atoms with van der Waals surface area (Å²) < 4.78 is 30.3. The number of sulfone groups is 1. The lowest BCUT2D eigenvalue weighted by molar-refractivity contribution is -0.384. The van der Waals surface area contributed by atoms with Crippen LogP contribution in [0.1, 0.15) is 36.4 Å². The highest BCUT2D eigenvalue weighted by Crippen LogP contribution is 2.28. The molecule has 0 fully saturated rings. The van der Waals surface area contributed by atoms with Gasteiger partial charge in [-0.25, -0.2) is 8.42 Å². The molecule has 2 heterocycles. The molecule has 11 nitrogen and oxygen atoms in total. The second kappa shape index (κ2) is 10.4. The highest BCUT2D eigenvalue weighted by molar-refractivity contribution is 7.91. The summed E-state index contributed by atoms with van der Waals surface area (Å²) in [6.07, 6.45) is 1.40. The Balaban J connectivity index is 1.91. The summed E-state index contributed by atoms with van der Waals surface area (Å²) in [6.45, 7) is 8.94. The number of hydrogen-bond acceptors (Lipinski definition) is 9. The van der Waals surface area contributed by atoms with Crippen LogP contribution >= 0.6 is 11.5 Å². The molecule has 3 rings (SSSR count). The number of aryl methyl sites for hydroxylation is 2. The summed E-state index contributed by atoms with van der Waals surface area (Å²) in [6, 6.07) is 8.18. The van der Waals surface area contributed by atoms with Gasteiger partial charge in [0.15, 0.2) is 0 Å². The zero-order valence-electron chi connectivity index (χ0n) is 20.3. The fraction of sp³-hybridized carbons (Fsp3) is 0.304. The van der Waals surface area contributed by atoms with Crippen LogP contribution < -0.4 is 5.32 Å². The van der Waals surface area contributed by atoms with E-state index < -0.39 is 20.7 Å². The molecule has 1 aromatic carbocycles. The number of aromatic nitrogens is 3. The van der Waals surface area contributed by atoms with Gasteiger partial charge in [-0.05, 0) is 50.0 Å². The van der Waals surface area contributed by atoms with E-state index in [0.717, 1.165) is 11.3 Å². The van der Waals surface area contributed by atoms with Crippen molar-refractivity contribution >= 4 is 44.2 Å². The minimum atomic E-state index is -3.68. The van der Waals surface area contributed by atoms with Crippen molar-refractivity contribution in [1.29, 1.82) is 5.26 Å². The van der Waals surface area contributed by atoms with Crippen LogP contribution in [0.15, 0.2) is 35.0 Å². The topological polar surface area (TPSA) is 161 Å². The first-order valence-corrected chi connectivity index (χ1v) is 13.2. The van der Waals surface area contributed by atoms with Crippen LogP contribution in [0.2, 0.25) is 0 Å². The average Bonchev–Trinajstić information content (AvgIpc) is 3.36. The molecule has 0 aliphatic rings. The van der Waals surface area contributed by atoms with Crippen LogP contribution in [-0.2, 0) is 14.6 Å². The van der Waals surface area contributed by atoms with Gasteiger partial charge in [-0.3, -0.25) is 20.2 Å². The third-order valence-electron chi connectivity index (χ3n) is 5.24. The Labute approximate surface area is 212 Å². The quantitative estimate of drug-likeness (QED) is 0.197. The maximum absolute atomic E-state index is 12.7. The molecule has 0 saturated heterocycles. The van der Waals surface area contributed by atoms with Crippen LogP contribution in [0.5, 0.6) is 0 Å². The lowest BCUT2D eigenvalue weighted by Gasteiger charge is -2.12. The van der Waals surface area contributed by atoms with Crippen LogP contribution in [-0.4, -0.2) is 38.9 Å². The number of anilines is 1. The van der Waals surface area contributed by atoms with Gasteiger partial charge in [0, 0.05) is 35.1 Å².